The maximum absolute atomic E-state index is 5.46. The molecular formula is C9H11NO. The van der Waals surface area contributed by atoms with Crippen LogP contribution in [-0.4, -0.2) is 11.6 Å². The molecule has 0 saturated carbocycles. The summed E-state index contributed by atoms with van der Waals surface area (Å²) in [6.45, 7) is 2.89. The minimum Gasteiger partial charge on any atom is -0.493 e. The fourth-order valence-electron chi connectivity index (χ4n) is 1.44. The van der Waals surface area contributed by atoms with Crippen LogP contribution in [0.15, 0.2) is 12.3 Å². The molecule has 0 aromatic carbocycles. The topological polar surface area (TPSA) is 22.1 Å². The van der Waals surface area contributed by atoms with Gasteiger partial charge in [0.15, 0.2) is 0 Å². The van der Waals surface area contributed by atoms with Crippen molar-refractivity contribution >= 4 is 0 Å². The standard InChI is InChI=1S/C9H11NO/c1-7-8-3-2-6-11-9(8)4-5-10-7/h4-5H,2-3,6H2,1H3. The lowest BCUT2D eigenvalue weighted by molar-refractivity contribution is 0.287. The van der Waals surface area contributed by atoms with Crippen molar-refractivity contribution in [2.24, 2.45) is 0 Å². The van der Waals surface area contributed by atoms with E-state index in [2.05, 4.69) is 4.98 Å². The number of hydrogen-bond acceptors (Lipinski definition) is 2. The summed E-state index contributed by atoms with van der Waals surface area (Å²) >= 11 is 0. The summed E-state index contributed by atoms with van der Waals surface area (Å²) in [6, 6.07) is 1.95. The second kappa shape index (κ2) is 2.53. The van der Waals surface area contributed by atoms with Crippen molar-refractivity contribution < 1.29 is 4.74 Å². The van der Waals surface area contributed by atoms with Crippen molar-refractivity contribution in [2.75, 3.05) is 6.61 Å². The molecule has 1 aliphatic rings. The van der Waals surface area contributed by atoms with Gasteiger partial charge in [-0.05, 0) is 25.8 Å². The zero-order valence-electron chi connectivity index (χ0n) is 6.63. The molecule has 11 heavy (non-hydrogen) atoms. The van der Waals surface area contributed by atoms with Crippen LogP contribution in [0.5, 0.6) is 5.75 Å². The highest BCUT2D eigenvalue weighted by atomic mass is 16.5. The fourth-order valence-corrected chi connectivity index (χ4v) is 1.44. The number of aryl methyl sites for hydroxylation is 1. The number of hydrogen-bond donors (Lipinski definition) is 0. The molecule has 2 heteroatoms. The number of fused-ring (bicyclic) bond motifs is 1. The van der Waals surface area contributed by atoms with Gasteiger partial charge in [-0.15, -0.1) is 0 Å². The first-order chi connectivity index (χ1) is 5.38. The molecule has 0 spiro atoms. The smallest absolute Gasteiger partial charge is 0.125 e. The highest BCUT2D eigenvalue weighted by Gasteiger charge is 2.11. The van der Waals surface area contributed by atoms with E-state index in [1.54, 1.807) is 6.20 Å². The van der Waals surface area contributed by atoms with Crippen LogP contribution in [0.25, 0.3) is 0 Å². The lowest BCUT2D eigenvalue weighted by atomic mass is 10.1. The summed E-state index contributed by atoms with van der Waals surface area (Å²) < 4.78 is 5.46. The Labute approximate surface area is 66.2 Å². The molecule has 0 amide bonds. The first-order valence-electron chi connectivity index (χ1n) is 3.95. The third-order valence-corrected chi connectivity index (χ3v) is 2.06. The van der Waals surface area contributed by atoms with Crippen molar-refractivity contribution in [3.05, 3.63) is 23.5 Å². The van der Waals surface area contributed by atoms with Crippen molar-refractivity contribution in [2.45, 2.75) is 19.8 Å². The molecule has 2 heterocycles. The van der Waals surface area contributed by atoms with E-state index in [9.17, 15) is 0 Å². The Balaban J connectivity index is 2.49. The normalized spacial score (nSPS) is 15.4. The van der Waals surface area contributed by atoms with Crippen LogP contribution in [0.3, 0.4) is 0 Å². The van der Waals surface area contributed by atoms with Crippen molar-refractivity contribution in [3.63, 3.8) is 0 Å². The van der Waals surface area contributed by atoms with Gasteiger partial charge in [0, 0.05) is 17.5 Å². The monoisotopic (exact) mass is 149 g/mol. The van der Waals surface area contributed by atoms with Crippen LogP contribution in [0.1, 0.15) is 17.7 Å². The molecule has 0 bridgehead atoms. The molecule has 58 valence electrons. The second-order valence-electron chi connectivity index (χ2n) is 2.83. The van der Waals surface area contributed by atoms with Gasteiger partial charge >= 0.3 is 0 Å². The van der Waals surface area contributed by atoms with Gasteiger partial charge in [-0.25, -0.2) is 0 Å². The molecule has 1 aromatic rings. The van der Waals surface area contributed by atoms with Crippen LogP contribution in [0.2, 0.25) is 0 Å². The van der Waals surface area contributed by atoms with Gasteiger partial charge in [0.05, 0.1) is 6.61 Å². The Hall–Kier alpha value is -1.05. The van der Waals surface area contributed by atoms with E-state index in [-0.39, 0.29) is 0 Å². The maximum atomic E-state index is 5.46. The molecule has 2 rings (SSSR count). The quantitative estimate of drug-likeness (QED) is 0.560. The molecule has 0 atom stereocenters. The Morgan fingerprint density at radius 3 is 3.27 bits per heavy atom. The van der Waals surface area contributed by atoms with Crippen molar-refractivity contribution in [3.8, 4) is 5.75 Å². The molecule has 0 radical (unpaired) electrons. The van der Waals surface area contributed by atoms with E-state index in [0.717, 1.165) is 30.9 Å². The van der Waals surface area contributed by atoms with Crippen LogP contribution >= 0.6 is 0 Å². The van der Waals surface area contributed by atoms with Crippen LogP contribution in [-0.2, 0) is 6.42 Å². The van der Waals surface area contributed by atoms with Crippen LogP contribution in [0, 0.1) is 6.92 Å². The van der Waals surface area contributed by atoms with Gasteiger partial charge in [-0.3, -0.25) is 4.98 Å². The van der Waals surface area contributed by atoms with Gasteiger partial charge in [-0.1, -0.05) is 0 Å². The minimum absolute atomic E-state index is 0.858. The summed E-state index contributed by atoms with van der Waals surface area (Å²) in [5.74, 6) is 1.03. The SMILES string of the molecule is Cc1nccc2c1CCCO2. The predicted molar refractivity (Wildman–Crippen MR) is 42.8 cm³/mol. The summed E-state index contributed by atoms with van der Waals surface area (Å²) in [6.07, 6.45) is 4.05. The van der Waals surface area contributed by atoms with E-state index in [4.69, 9.17) is 4.74 Å². The van der Waals surface area contributed by atoms with E-state index in [0.29, 0.717) is 0 Å². The Morgan fingerprint density at radius 2 is 2.45 bits per heavy atom. The van der Waals surface area contributed by atoms with E-state index in [1.807, 2.05) is 13.0 Å². The fraction of sp³-hybridized carbons (Fsp3) is 0.444. The molecule has 0 saturated heterocycles. The number of rotatable bonds is 0. The molecule has 0 aliphatic carbocycles. The third kappa shape index (κ3) is 1.09. The molecule has 0 unspecified atom stereocenters. The van der Waals surface area contributed by atoms with E-state index >= 15 is 0 Å². The average molecular weight is 149 g/mol. The molecule has 2 nitrogen and oxygen atoms in total. The van der Waals surface area contributed by atoms with Crippen molar-refractivity contribution in [1.29, 1.82) is 0 Å². The molecule has 1 aromatic heterocycles. The van der Waals surface area contributed by atoms with Gasteiger partial charge in [0.25, 0.3) is 0 Å². The summed E-state index contributed by atoms with van der Waals surface area (Å²) in [5.41, 5.74) is 2.40. The molecule has 0 fully saturated rings. The van der Waals surface area contributed by atoms with Crippen LogP contribution in [0.4, 0.5) is 0 Å². The van der Waals surface area contributed by atoms with Crippen LogP contribution < -0.4 is 4.74 Å². The van der Waals surface area contributed by atoms with E-state index in [1.165, 1.54) is 5.56 Å². The second-order valence-corrected chi connectivity index (χ2v) is 2.83. The summed E-state index contributed by atoms with van der Waals surface area (Å²) in [5, 5.41) is 0. The number of pyridine rings is 1. The van der Waals surface area contributed by atoms with Crippen molar-refractivity contribution in [1.82, 2.24) is 4.98 Å². The zero-order valence-corrected chi connectivity index (χ0v) is 6.63. The molecular weight excluding hydrogens is 138 g/mol. The largest absolute Gasteiger partial charge is 0.493 e. The minimum atomic E-state index is 0.858. The first kappa shape index (κ1) is 6.65. The molecule has 0 N–H and O–H groups in total. The first-order valence-corrected chi connectivity index (χ1v) is 3.95. The number of ether oxygens (including phenoxy) is 1. The third-order valence-electron chi connectivity index (χ3n) is 2.06. The van der Waals surface area contributed by atoms with E-state index < -0.39 is 0 Å². The lowest BCUT2D eigenvalue weighted by Crippen LogP contribution is -2.10. The Bertz CT molecular complexity index is 270. The Kier molecular flexibility index (Phi) is 1.53. The molecule has 1 aliphatic heterocycles. The Morgan fingerprint density at radius 1 is 1.55 bits per heavy atom. The average Bonchev–Trinajstić information content (AvgIpc) is 2.06. The predicted octanol–water partition coefficient (Wildman–Crippen LogP) is 1.72. The zero-order chi connectivity index (χ0) is 7.68. The number of aromatic nitrogens is 1. The summed E-state index contributed by atoms with van der Waals surface area (Å²) in [7, 11) is 0. The summed E-state index contributed by atoms with van der Waals surface area (Å²) in [4.78, 5) is 4.21. The maximum Gasteiger partial charge on any atom is 0.125 e. The van der Waals surface area contributed by atoms with Gasteiger partial charge in [0.2, 0.25) is 0 Å². The highest BCUT2D eigenvalue weighted by Crippen LogP contribution is 2.25. The highest BCUT2D eigenvalue weighted by molar-refractivity contribution is 5.36. The van der Waals surface area contributed by atoms with Gasteiger partial charge in [-0.2, -0.15) is 0 Å². The van der Waals surface area contributed by atoms with Gasteiger partial charge < -0.3 is 4.74 Å². The lowest BCUT2D eigenvalue weighted by Gasteiger charge is -2.17. The number of nitrogens with zero attached hydrogens (tertiary/aromatic N) is 1. The van der Waals surface area contributed by atoms with Gasteiger partial charge in [0.1, 0.15) is 5.75 Å².